The lowest BCUT2D eigenvalue weighted by molar-refractivity contribution is -0.124. The average Bonchev–Trinajstić information content (AvgIpc) is 3.73. The quantitative estimate of drug-likeness (QED) is 0.127. The first-order valence-corrected chi connectivity index (χ1v) is 19.3. The molecule has 0 saturated heterocycles. The Morgan fingerprint density at radius 1 is 0.524 bits per heavy atom. The number of fused-ring (bicyclic) bond motifs is 1. The van der Waals surface area contributed by atoms with Crippen LogP contribution in [0.5, 0.6) is 0 Å². The molecule has 4 nitrogen and oxygen atoms in total. The number of carbonyl (C=O) groups excluding carboxylic acids is 2. The fourth-order valence-electron chi connectivity index (χ4n) is 6.03. The van der Waals surface area contributed by atoms with Gasteiger partial charge in [-0.3, -0.25) is 9.59 Å². The Hall–Kier alpha value is -1.22. The van der Waals surface area contributed by atoms with E-state index in [1.54, 1.807) is 22.7 Å². The fraction of sp³-hybridized carbons (Fsp3) is 0.588. The average molecular weight is 739 g/mol. The molecule has 0 aliphatic carbocycles. The van der Waals surface area contributed by atoms with Crippen LogP contribution in [-0.4, -0.2) is 34.7 Å². The minimum Gasteiger partial charge on any atom is -0.306 e. The van der Waals surface area contributed by atoms with Crippen molar-refractivity contribution in [3.05, 3.63) is 52.7 Å². The van der Waals surface area contributed by atoms with Crippen molar-refractivity contribution in [3.8, 4) is 0 Å². The van der Waals surface area contributed by atoms with E-state index in [1.165, 1.54) is 77.0 Å². The summed E-state index contributed by atoms with van der Waals surface area (Å²) in [7, 11) is 0. The van der Waals surface area contributed by atoms with Gasteiger partial charge in [-0.15, -0.1) is 22.7 Å². The van der Waals surface area contributed by atoms with E-state index in [-0.39, 0.29) is 11.8 Å². The number of amides is 2. The van der Waals surface area contributed by atoms with Gasteiger partial charge in [-0.25, -0.2) is 0 Å². The summed E-state index contributed by atoms with van der Waals surface area (Å²) in [4.78, 5) is 34.2. The first kappa shape index (κ1) is 33.7. The van der Waals surface area contributed by atoms with E-state index in [2.05, 4.69) is 45.7 Å². The Balaban J connectivity index is 1.54. The van der Waals surface area contributed by atoms with Crippen molar-refractivity contribution in [2.24, 2.45) is 0 Å². The second-order valence-electron chi connectivity index (χ2n) is 11.5. The maximum absolute atomic E-state index is 14.2. The number of thiophene rings is 2. The maximum atomic E-state index is 14.2. The van der Waals surface area contributed by atoms with Gasteiger partial charge in [-0.2, -0.15) is 0 Å². The summed E-state index contributed by atoms with van der Waals surface area (Å²) in [6.45, 7) is 5.80. The number of carbonyl (C=O) groups is 2. The van der Waals surface area contributed by atoms with Gasteiger partial charge in [0.05, 0.1) is 39.9 Å². The molecule has 0 unspecified atom stereocenters. The molecule has 0 spiro atoms. The van der Waals surface area contributed by atoms with Gasteiger partial charge < -0.3 is 9.80 Å². The number of halogens is 2. The van der Waals surface area contributed by atoms with Gasteiger partial charge in [0.15, 0.2) is 0 Å². The third-order valence-electron chi connectivity index (χ3n) is 8.27. The SMILES string of the molecule is CCCCCCCCCCN1C(=O)C2=C(c3ccc(Br)s3)N(CCCCCCCCCC)C(=O)C2=C1c1ccc(Br)s1. The molecule has 0 atom stereocenters. The third kappa shape index (κ3) is 8.48. The Bertz CT molecular complexity index is 1170. The molecule has 0 saturated carbocycles. The minimum absolute atomic E-state index is 0.0150. The second-order valence-corrected chi connectivity index (χ2v) is 16.4. The molecule has 42 heavy (non-hydrogen) atoms. The van der Waals surface area contributed by atoms with Crippen molar-refractivity contribution >= 4 is 77.7 Å². The highest BCUT2D eigenvalue weighted by atomic mass is 79.9. The zero-order valence-corrected chi connectivity index (χ0v) is 30.1. The van der Waals surface area contributed by atoms with Crippen LogP contribution in [0.3, 0.4) is 0 Å². The summed E-state index contributed by atoms with van der Waals surface area (Å²) in [5.74, 6) is -0.0301. The smallest absolute Gasteiger partial charge is 0.261 e. The summed E-state index contributed by atoms with van der Waals surface area (Å²) >= 11 is 10.4. The Kier molecular flexibility index (Phi) is 13.9. The molecule has 2 aliphatic heterocycles. The van der Waals surface area contributed by atoms with Crippen molar-refractivity contribution in [2.75, 3.05) is 13.1 Å². The molecular weight excluding hydrogens is 692 g/mol. The highest BCUT2D eigenvalue weighted by molar-refractivity contribution is 9.11. The van der Waals surface area contributed by atoms with E-state index in [0.29, 0.717) is 24.2 Å². The van der Waals surface area contributed by atoms with E-state index < -0.39 is 0 Å². The van der Waals surface area contributed by atoms with Crippen molar-refractivity contribution in [1.29, 1.82) is 0 Å². The van der Waals surface area contributed by atoms with E-state index in [0.717, 1.165) is 54.4 Å². The fourth-order valence-corrected chi connectivity index (χ4v) is 8.92. The molecule has 2 aromatic heterocycles. The van der Waals surface area contributed by atoms with Crippen molar-refractivity contribution in [3.63, 3.8) is 0 Å². The largest absolute Gasteiger partial charge is 0.306 e. The molecule has 0 fully saturated rings. The summed E-state index contributed by atoms with van der Waals surface area (Å²) in [6.07, 6.45) is 19.4. The Morgan fingerprint density at radius 3 is 1.17 bits per heavy atom. The van der Waals surface area contributed by atoms with E-state index in [4.69, 9.17) is 0 Å². The van der Waals surface area contributed by atoms with Crippen LogP contribution in [0.2, 0.25) is 0 Å². The number of unbranched alkanes of at least 4 members (excludes halogenated alkanes) is 14. The molecule has 0 N–H and O–H groups in total. The summed E-state index contributed by atoms with van der Waals surface area (Å²) in [5.41, 5.74) is 2.83. The van der Waals surface area contributed by atoms with Crippen LogP contribution >= 0.6 is 54.5 Å². The molecule has 4 heterocycles. The van der Waals surface area contributed by atoms with Crippen molar-refractivity contribution < 1.29 is 9.59 Å². The van der Waals surface area contributed by atoms with Crippen LogP contribution in [0.1, 0.15) is 126 Å². The molecule has 4 rings (SSSR count). The number of rotatable bonds is 20. The van der Waals surface area contributed by atoms with E-state index in [9.17, 15) is 9.59 Å². The molecule has 0 aromatic carbocycles. The van der Waals surface area contributed by atoms with E-state index >= 15 is 0 Å². The van der Waals surface area contributed by atoms with Crippen LogP contribution in [0.4, 0.5) is 0 Å². The topological polar surface area (TPSA) is 40.6 Å². The van der Waals surface area contributed by atoms with Gasteiger partial charge in [0.25, 0.3) is 11.8 Å². The van der Waals surface area contributed by atoms with Crippen LogP contribution in [0.25, 0.3) is 11.4 Å². The number of nitrogens with zero attached hydrogens (tertiary/aromatic N) is 2. The summed E-state index contributed by atoms with van der Waals surface area (Å²) in [6, 6.07) is 8.13. The highest BCUT2D eigenvalue weighted by Gasteiger charge is 2.49. The van der Waals surface area contributed by atoms with Crippen molar-refractivity contribution in [1.82, 2.24) is 9.80 Å². The first-order valence-electron chi connectivity index (χ1n) is 16.1. The summed E-state index contributed by atoms with van der Waals surface area (Å²) in [5, 5.41) is 0. The van der Waals surface area contributed by atoms with Crippen LogP contribution in [0, 0.1) is 0 Å². The van der Waals surface area contributed by atoms with Gasteiger partial charge >= 0.3 is 0 Å². The van der Waals surface area contributed by atoms with Gasteiger partial charge in [-0.1, -0.05) is 104 Å². The first-order chi connectivity index (χ1) is 20.5. The standard InChI is InChI=1S/C34H46Br2N2O2S2/c1-3-5-7-9-11-13-15-17-23-37-31(25-19-21-27(35)41-25)29-30(33(37)39)32(26-20-22-28(36)42-26)38(34(29)40)24-18-16-14-12-10-8-6-4-2/h19-22H,3-18,23-24H2,1-2H3. The Labute approximate surface area is 277 Å². The van der Waals surface area contributed by atoms with Crippen LogP contribution in [0.15, 0.2) is 43.0 Å². The number of hydrogen-bond donors (Lipinski definition) is 0. The molecule has 0 radical (unpaired) electrons. The van der Waals surface area contributed by atoms with Gasteiger partial charge in [-0.05, 0) is 69.0 Å². The Morgan fingerprint density at radius 2 is 0.857 bits per heavy atom. The monoisotopic (exact) mass is 736 g/mol. The van der Waals surface area contributed by atoms with Crippen molar-refractivity contribution in [2.45, 2.75) is 117 Å². The van der Waals surface area contributed by atoms with Gasteiger partial charge in [0.1, 0.15) is 0 Å². The summed E-state index contributed by atoms with van der Waals surface area (Å²) < 4.78 is 2.01. The maximum Gasteiger partial charge on any atom is 0.261 e. The van der Waals surface area contributed by atoms with E-state index in [1.807, 2.05) is 34.1 Å². The molecular formula is C34H46Br2N2O2S2. The molecule has 0 bridgehead atoms. The van der Waals surface area contributed by atoms with Crippen LogP contribution in [-0.2, 0) is 9.59 Å². The second kappa shape index (κ2) is 17.3. The molecule has 8 heteroatoms. The third-order valence-corrected chi connectivity index (χ3v) is 11.5. The molecule has 2 amide bonds. The molecule has 230 valence electrons. The predicted molar refractivity (Wildman–Crippen MR) is 187 cm³/mol. The number of hydrogen-bond acceptors (Lipinski definition) is 4. The lowest BCUT2D eigenvalue weighted by atomic mass is 10.1. The normalized spacial score (nSPS) is 15.2. The minimum atomic E-state index is -0.0150. The zero-order valence-electron chi connectivity index (χ0n) is 25.3. The van der Waals surface area contributed by atoms with Crippen LogP contribution < -0.4 is 0 Å². The lowest BCUT2D eigenvalue weighted by Gasteiger charge is -2.24. The lowest BCUT2D eigenvalue weighted by Crippen LogP contribution is -2.30. The zero-order chi connectivity index (χ0) is 29.9. The highest BCUT2D eigenvalue weighted by Crippen LogP contribution is 2.49. The molecule has 2 aliphatic rings. The molecule has 2 aromatic rings. The van der Waals surface area contributed by atoms with Gasteiger partial charge in [0, 0.05) is 13.1 Å². The van der Waals surface area contributed by atoms with Gasteiger partial charge in [0.2, 0.25) is 0 Å². The predicted octanol–water partition coefficient (Wildman–Crippen LogP) is 11.4.